The van der Waals surface area contributed by atoms with Crippen molar-refractivity contribution in [2.75, 3.05) is 4.90 Å². The van der Waals surface area contributed by atoms with E-state index in [0.717, 1.165) is 17.1 Å². The fraction of sp³-hybridized carbons (Fsp3) is 0.0182. The predicted molar refractivity (Wildman–Crippen MR) is 242 cm³/mol. The molecule has 0 spiro atoms. The highest BCUT2D eigenvalue weighted by atomic mass is 32.1. The zero-order valence-corrected chi connectivity index (χ0v) is 32.0. The molecule has 0 bridgehead atoms. The summed E-state index contributed by atoms with van der Waals surface area (Å²) in [6.07, 6.45) is 0. The molecule has 0 fully saturated rings. The maximum Gasteiger partial charge on any atom is 0.0714 e. The Hall–Kier alpha value is -7.00. The van der Waals surface area contributed by atoms with Crippen LogP contribution in [-0.4, -0.2) is 0 Å². The molecule has 1 aliphatic carbocycles. The third-order valence-electron chi connectivity index (χ3n) is 11.7. The molecule has 0 N–H and O–H groups in total. The number of anilines is 3. The van der Waals surface area contributed by atoms with E-state index in [-0.39, 0.29) is 0 Å². The largest absolute Gasteiger partial charge is 0.310 e. The molecule has 1 aromatic heterocycles. The van der Waals surface area contributed by atoms with Gasteiger partial charge >= 0.3 is 0 Å². The van der Waals surface area contributed by atoms with Crippen molar-refractivity contribution in [1.82, 2.24) is 0 Å². The van der Waals surface area contributed by atoms with Crippen LogP contribution in [0.1, 0.15) is 22.3 Å². The Morgan fingerprint density at radius 1 is 0.333 bits per heavy atom. The van der Waals surface area contributed by atoms with Gasteiger partial charge in [0, 0.05) is 37.2 Å². The van der Waals surface area contributed by atoms with Gasteiger partial charge in [0.05, 0.1) is 5.41 Å². The quantitative estimate of drug-likeness (QED) is 0.157. The van der Waals surface area contributed by atoms with Crippen LogP contribution in [0.3, 0.4) is 0 Å². The van der Waals surface area contributed by atoms with Gasteiger partial charge in [-0.1, -0.05) is 182 Å². The molecule has 2 heteroatoms. The van der Waals surface area contributed by atoms with E-state index in [1.165, 1.54) is 75.8 Å². The minimum atomic E-state index is -0.499. The Kier molecular flexibility index (Phi) is 7.98. The van der Waals surface area contributed by atoms with Crippen LogP contribution in [0.5, 0.6) is 0 Å². The molecule has 11 rings (SSSR count). The summed E-state index contributed by atoms with van der Waals surface area (Å²) in [4.78, 5) is 2.45. The lowest BCUT2D eigenvalue weighted by molar-refractivity contribution is 0.768. The Labute approximate surface area is 337 Å². The number of fused-ring (bicyclic) bond motifs is 6. The van der Waals surface area contributed by atoms with Crippen LogP contribution in [0.15, 0.2) is 224 Å². The Morgan fingerprint density at radius 2 is 0.860 bits per heavy atom. The molecule has 0 aliphatic heterocycles. The van der Waals surface area contributed by atoms with Crippen LogP contribution in [0.25, 0.3) is 53.6 Å². The highest BCUT2D eigenvalue weighted by Gasteiger charge is 2.46. The average molecular weight is 744 g/mol. The SMILES string of the molecule is c1ccc(-c2cccc(N(c3cccc(-c4cccc5c4sc4ccccc45)c3)c3ccc4c(c3)C(c3ccccc3)(c3ccccc3)c3ccccc3-4)c2)cc1. The first kappa shape index (κ1) is 33.3. The second-order valence-corrected chi connectivity index (χ2v) is 15.9. The summed E-state index contributed by atoms with van der Waals surface area (Å²) in [6, 6.07) is 82.5. The summed E-state index contributed by atoms with van der Waals surface area (Å²) in [5.41, 5.74) is 15.3. The number of thiophene rings is 1. The van der Waals surface area contributed by atoms with Gasteiger partial charge in [-0.25, -0.2) is 0 Å². The maximum absolute atomic E-state index is 2.46. The van der Waals surface area contributed by atoms with Gasteiger partial charge in [-0.3, -0.25) is 0 Å². The summed E-state index contributed by atoms with van der Waals surface area (Å²) in [7, 11) is 0. The van der Waals surface area contributed by atoms with Gasteiger partial charge in [-0.15, -0.1) is 11.3 Å². The zero-order valence-electron chi connectivity index (χ0n) is 31.2. The first-order valence-electron chi connectivity index (χ1n) is 19.6. The molecule has 268 valence electrons. The number of benzene rings is 9. The molecule has 9 aromatic carbocycles. The van der Waals surface area contributed by atoms with E-state index >= 15 is 0 Å². The summed E-state index contributed by atoms with van der Waals surface area (Å²) < 4.78 is 2.63. The Morgan fingerprint density at radius 3 is 1.61 bits per heavy atom. The van der Waals surface area contributed by atoms with E-state index in [1.54, 1.807) is 0 Å². The molecule has 0 atom stereocenters. The first-order valence-corrected chi connectivity index (χ1v) is 20.4. The lowest BCUT2D eigenvalue weighted by Gasteiger charge is -2.35. The van der Waals surface area contributed by atoms with Crippen molar-refractivity contribution in [2.45, 2.75) is 5.41 Å². The van der Waals surface area contributed by atoms with Gasteiger partial charge < -0.3 is 4.90 Å². The van der Waals surface area contributed by atoms with Crippen LogP contribution in [-0.2, 0) is 5.41 Å². The fourth-order valence-electron chi connectivity index (χ4n) is 9.26. The van der Waals surface area contributed by atoms with Gasteiger partial charge in [0.2, 0.25) is 0 Å². The van der Waals surface area contributed by atoms with E-state index in [2.05, 4.69) is 229 Å². The monoisotopic (exact) mass is 743 g/mol. The third kappa shape index (κ3) is 5.37. The van der Waals surface area contributed by atoms with Gasteiger partial charge in [-0.2, -0.15) is 0 Å². The molecular formula is C55H37NS. The standard InChI is InChI=1S/C55H37NS/c1-4-17-38(18-5-1)39-19-14-25-43(35-39)56(44-26-15-20-40(36-44)46-29-16-30-50-49-28-11-13-32-53(49)57-54(46)50)45-33-34-48-47-27-10-12-31-51(47)55(52(48)37-45,41-21-6-2-7-22-41)42-23-8-3-9-24-42/h1-37H. The van der Waals surface area contributed by atoms with Crippen molar-refractivity contribution in [2.24, 2.45) is 0 Å². The van der Waals surface area contributed by atoms with Crippen molar-refractivity contribution >= 4 is 48.6 Å². The first-order chi connectivity index (χ1) is 28.3. The van der Waals surface area contributed by atoms with Crippen LogP contribution in [0, 0.1) is 0 Å². The van der Waals surface area contributed by atoms with E-state index in [0.29, 0.717) is 0 Å². The van der Waals surface area contributed by atoms with Gasteiger partial charge in [0.1, 0.15) is 0 Å². The summed E-state index contributed by atoms with van der Waals surface area (Å²) in [5, 5.41) is 2.62. The molecule has 0 saturated carbocycles. The second kappa shape index (κ2) is 13.6. The molecule has 1 nitrogen and oxygen atoms in total. The van der Waals surface area contributed by atoms with Crippen molar-refractivity contribution in [3.05, 3.63) is 247 Å². The van der Waals surface area contributed by atoms with E-state index < -0.39 is 5.41 Å². The topological polar surface area (TPSA) is 3.24 Å². The van der Waals surface area contributed by atoms with Crippen molar-refractivity contribution in [3.63, 3.8) is 0 Å². The van der Waals surface area contributed by atoms with Crippen LogP contribution >= 0.6 is 11.3 Å². The molecule has 1 heterocycles. The highest BCUT2D eigenvalue weighted by molar-refractivity contribution is 7.26. The van der Waals surface area contributed by atoms with Crippen LogP contribution in [0.2, 0.25) is 0 Å². The van der Waals surface area contributed by atoms with E-state index in [1.807, 2.05) is 11.3 Å². The lowest BCUT2D eigenvalue weighted by Crippen LogP contribution is -2.28. The fourth-order valence-corrected chi connectivity index (χ4v) is 10.5. The zero-order chi connectivity index (χ0) is 37.8. The van der Waals surface area contributed by atoms with Gasteiger partial charge in [-0.05, 0) is 98.1 Å². The predicted octanol–water partition coefficient (Wildman–Crippen LogP) is 15.2. The number of rotatable bonds is 7. The van der Waals surface area contributed by atoms with Crippen molar-refractivity contribution < 1.29 is 0 Å². The highest BCUT2D eigenvalue weighted by Crippen LogP contribution is 2.57. The Balaban J connectivity index is 1.16. The molecule has 1 aliphatic rings. The summed E-state index contributed by atoms with van der Waals surface area (Å²) in [6.45, 7) is 0. The number of hydrogen-bond donors (Lipinski definition) is 0. The minimum Gasteiger partial charge on any atom is -0.310 e. The molecular weight excluding hydrogens is 707 g/mol. The van der Waals surface area contributed by atoms with Gasteiger partial charge in [0.15, 0.2) is 0 Å². The molecule has 0 unspecified atom stereocenters. The molecule has 57 heavy (non-hydrogen) atoms. The number of nitrogens with zero attached hydrogens (tertiary/aromatic N) is 1. The van der Waals surface area contributed by atoms with Crippen LogP contribution in [0.4, 0.5) is 17.1 Å². The van der Waals surface area contributed by atoms with E-state index in [4.69, 9.17) is 0 Å². The molecule has 10 aromatic rings. The smallest absolute Gasteiger partial charge is 0.0714 e. The summed E-state index contributed by atoms with van der Waals surface area (Å²) in [5.74, 6) is 0. The maximum atomic E-state index is 2.46. The van der Waals surface area contributed by atoms with Crippen molar-refractivity contribution in [1.29, 1.82) is 0 Å². The van der Waals surface area contributed by atoms with Crippen LogP contribution < -0.4 is 4.90 Å². The molecule has 0 saturated heterocycles. The van der Waals surface area contributed by atoms with Crippen molar-refractivity contribution in [3.8, 4) is 33.4 Å². The Bertz CT molecular complexity index is 3030. The van der Waals surface area contributed by atoms with Gasteiger partial charge in [0.25, 0.3) is 0 Å². The average Bonchev–Trinajstić information content (AvgIpc) is 3.82. The molecule has 0 amide bonds. The third-order valence-corrected chi connectivity index (χ3v) is 13.0. The number of hydrogen-bond acceptors (Lipinski definition) is 2. The summed E-state index contributed by atoms with van der Waals surface area (Å²) >= 11 is 1.88. The lowest BCUT2D eigenvalue weighted by atomic mass is 9.67. The second-order valence-electron chi connectivity index (χ2n) is 14.8. The molecule has 0 radical (unpaired) electrons. The minimum absolute atomic E-state index is 0.499. The van der Waals surface area contributed by atoms with E-state index in [9.17, 15) is 0 Å². The normalized spacial score (nSPS) is 12.7.